The van der Waals surface area contributed by atoms with Crippen molar-refractivity contribution in [3.05, 3.63) is 23.8 Å². The zero-order valence-electron chi connectivity index (χ0n) is 11.3. The summed E-state index contributed by atoms with van der Waals surface area (Å²) in [4.78, 5) is -0.0995. The number of benzene rings is 1. The summed E-state index contributed by atoms with van der Waals surface area (Å²) in [5, 5.41) is 0. The second kappa shape index (κ2) is 6.78. The number of hydrogen-bond acceptors (Lipinski definition) is 5. The molecule has 0 saturated carbocycles. The molecular weight excluding hydrogens is 324 g/mol. The van der Waals surface area contributed by atoms with Crippen LogP contribution < -0.4 is 4.74 Å². The first-order valence-corrected chi connectivity index (χ1v) is 10.2. The Kier molecular flexibility index (Phi) is 5.85. The molecule has 1 aromatic carbocycles. The average Bonchev–Trinajstić information content (AvgIpc) is 2.35. The fraction of sp³-hybridized carbons (Fsp3) is 0.500. The quantitative estimate of drug-likeness (QED) is 0.561. The highest BCUT2D eigenvalue weighted by molar-refractivity contribution is 8.13. The van der Waals surface area contributed by atoms with Crippen LogP contribution in [0, 0.1) is 6.92 Å². The normalized spacial score (nSPS) is 12.3. The third-order valence-corrected chi connectivity index (χ3v) is 5.79. The molecule has 114 valence electrons. The third kappa shape index (κ3) is 5.30. The van der Waals surface area contributed by atoms with Crippen LogP contribution in [0.4, 0.5) is 0 Å². The third-order valence-electron chi connectivity index (χ3n) is 2.66. The number of rotatable bonds is 7. The number of sulfone groups is 1. The second-order valence-corrected chi connectivity index (χ2v) is 9.33. The van der Waals surface area contributed by atoms with Crippen LogP contribution in [-0.4, -0.2) is 34.9 Å². The van der Waals surface area contributed by atoms with Crippen LogP contribution in [0.15, 0.2) is 23.1 Å². The molecule has 1 aromatic rings. The summed E-state index contributed by atoms with van der Waals surface area (Å²) >= 11 is 0. The van der Waals surface area contributed by atoms with Gasteiger partial charge >= 0.3 is 0 Å². The van der Waals surface area contributed by atoms with Gasteiger partial charge in [-0.05, 0) is 31.0 Å². The SMILES string of the molecule is CCS(=O)(=O)CCCOc1ccc(C)cc1S(=O)(=O)Cl. The molecule has 0 aliphatic carbocycles. The first kappa shape index (κ1) is 17.3. The molecule has 0 atom stereocenters. The number of aryl methyl sites for hydroxylation is 1. The average molecular weight is 341 g/mol. The van der Waals surface area contributed by atoms with Gasteiger partial charge in [-0.15, -0.1) is 0 Å². The van der Waals surface area contributed by atoms with Gasteiger partial charge in [0.2, 0.25) is 0 Å². The van der Waals surface area contributed by atoms with Crippen LogP contribution in [-0.2, 0) is 18.9 Å². The second-order valence-electron chi connectivity index (χ2n) is 4.33. The molecule has 0 amide bonds. The van der Waals surface area contributed by atoms with E-state index in [4.69, 9.17) is 15.4 Å². The topological polar surface area (TPSA) is 77.5 Å². The fourth-order valence-corrected chi connectivity index (χ4v) is 3.43. The molecule has 0 spiro atoms. The van der Waals surface area contributed by atoms with Crippen LogP contribution in [0.5, 0.6) is 5.75 Å². The Balaban J connectivity index is 2.75. The van der Waals surface area contributed by atoms with E-state index in [1.807, 2.05) is 0 Å². The van der Waals surface area contributed by atoms with E-state index in [-0.39, 0.29) is 28.8 Å². The van der Waals surface area contributed by atoms with Crippen LogP contribution in [0.1, 0.15) is 18.9 Å². The number of halogens is 1. The molecule has 0 bridgehead atoms. The van der Waals surface area contributed by atoms with E-state index in [0.29, 0.717) is 6.42 Å². The van der Waals surface area contributed by atoms with Gasteiger partial charge in [-0.2, -0.15) is 0 Å². The first-order chi connectivity index (χ1) is 9.15. The smallest absolute Gasteiger partial charge is 0.264 e. The lowest BCUT2D eigenvalue weighted by molar-refractivity contribution is 0.309. The Morgan fingerprint density at radius 3 is 2.40 bits per heavy atom. The molecule has 1 rings (SSSR count). The maximum Gasteiger partial charge on any atom is 0.264 e. The zero-order valence-corrected chi connectivity index (χ0v) is 13.7. The van der Waals surface area contributed by atoms with Crippen molar-refractivity contribution in [2.45, 2.75) is 25.2 Å². The molecule has 20 heavy (non-hydrogen) atoms. The predicted octanol–water partition coefficient (Wildman–Crippen LogP) is 2.13. The molecule has 0 aliphatic heterocycles. The molecule has 0 saturated heterocycles. The molecule has 0 fully saturated rings. The molecule has 0 N–H and O–H groups in total. The van der Waals surface area contributed by atoms with Crippen molar-refractivity contribution < 1.29 is 21.6 Å². The Morgan fingerprint density at radius 1 is 1.20 bits per heavy atom. The molecule has 5 nitrogen and oxygen atoms in total. The van der Waals surface area contributed by atoms with E-state index in [9.17, 15) is 16.8 Å². The Morgan fingerprint density at radius 2 is 1.85 bits per heavy atom. The first-order valence-electron chi connectivity index (χ1n) is 6.04. The van der Waals surface area contributed by atoms with Crippen LogP contribution >= 0.6 is 10.7 Å². The van der Waals surface area contributed by atoms with E-state index in [1.165, 1.54) is 12.1 Å². The Hall–Kier alpha value is -0.790. The lowest BCUT2D eigenvalue weighted by Crippen LogP contribution is -2.12. The number of ether oxygens (including phenoxy) is 1. The van der Waals surface area contributed by atoms with Gasteiger partial charge in [0, 0.05) is 16.4 Å². The lowest BCUT2D eigenvalue weighted by atomic mass is 10.2. The van der Waals surface area contributed by atoms with Gasteiger partial charge < -0.3 is 4.74 Å². The van der Waals surface area contributed by atoms with E-state index >= 15 is 0 Å². The van der Waals surface area contributed by atoms with E-state index in [0.717, 1.165) is 5.56 Å². The summed E-state index contributed by atoms with van der Waals surface area (Å²) in [6, 6.07) is 4.63. The Bertz CT molecular complexity index is 665. The maximum absolute atomic E-state index is 11.4. The van der Waals surface area contributed by atoms with Crippen molar-refractivity contribution >= 4 is 29.6 Å². The van der Waals surface area contributed by atoms with Gasteiger partial charge in [-0.3, -0.25) is 0 Å². The monoisotopic (exact) mass is 340 g/mol. The maximum atomic E-state index is 11.4. The van der Waals surface area contributed by atoms with Gasteiger partial charge in [0.25, 0.3) is 9.05 Å². The summed E-state index contributed by atoms with van der Waals surface area (Å²) in [5.41, 5.74) is 0.741. The summed E-state index contributed by atoms with van der Waals surface area (Å²) in [6.45, 7) is 3.43. The molecule has 0 heterocycles. The fourth-order valence-electron chi connectivity index (χ4n) is 1.53. The highest BCUT2D eigenvalue weighted by atomic mass is 35.7. The van der Waals surface area contributed by atoms with E-state index in [1.54, 1.807) is 19.9 Å². The van der Waals surface area contributed by atoms with Gasteiger partial charge in [0.1, 0.15) is 20.5 Å². The minimum absolute atomic E-state index is 0.0122. The Labute approximate surface area is 124 Å². The van der Waals surface area contributed by atoms with E-state index < -0.39 is 18.9 Å². The van der Waals surface area contributed by atoms with E-state index in [2.05, 4.69) is 0 Å². The van der Waals surface area contributed by atoms with Crippen molar-refractivity contribution in [2.24, 2.45) is 0 Å². The van der Waals surface area contributed by atoms with Gasteiger partial charge in [-0.25, -0.2) is 16.8 Å². The van der Waals surface area contributed by atoms with Crippen LogP contribution in [0.3, 0.4) is 0 Å². The van der Waals surface area contributed by atoms with Gasteiger partial charge in [-0.1, -0.05) is 13.0 Å². The molecule has 0 unspecified atom stereocenters. The van der Waals surface area contributed by atoms with Crippen LogP contribution in [0.25, 0.3) is 0 Å². The summed E-state index contributed by atoms with van der Waals surface area (Å²) in [6.07, 6.45) is 0.297. The van der Waals surface area contributed by atoms with Gasteiger partial charge in [0.15, 0.2) is 0 Å². The predicted molar refractivity (Wildman–Crippen MR) is 78.7 cm³/mol. The molecule has 0 aromatic heterocycles. The highest BCUT2D eigenvalue weighted by Crippen LogP contribution is 2.28. The van der Waals surface area contributed by atoms with Crippen molar-refractivity contribution in [3.8, 4) is 5.75 Å². The minimum atomic E-state index is -3.90. The number of hydrogen-bond donors (Lipinski definition) is 0. The molecule has 8 heteroatoms. The standard InChI is InChI=1S/C12H17ClO5S2/c1-3-19(14,15)8-4-7-18-11-6-5-10(2)9-12(11)20(13,16)17/h5-6,9H,3-4,7-8H2,1-2H3. The lowest BCUT2D eigenvalue weighted by Gasteiger charge is -2.10. The van der Waals surface area contributed by atoms with Crippen molar-refractivity contribution in [1.29, 1.82) is 0 Å². The summed E-state index contributed by atoms with van der Waals surface area (Å²) in [7, 11) is -1.60. The molecular formula is C12H17ClO5S2. The van der Waals surface area contributed by atoms with Crippen molar-refractivity contribution in [1.82, 2.24) is 0 Å². The van der Waals surface area contributed by atoms with Crippen molar-refractivity contribution in [2.75, 3.05) is 18.1 Å². The molecule has 0 radical (unpaired) electrons. The molecule has 0 aliphatic rings. The largest absolute Gasteiger partial charge is 0.492 e. The van der Waals surface area contributed by atoms with Gasteiger partial charge in [0.05, 0.1) is 12.4 Å². The van der Waals surface area contributed by atoms with Crippen LogP contribution in [0.2, 0.25) is 0 Å². The van der Waals surface area contributed by atoms with Crippen molar-refractivity contribution in [3.63, 3.8) is 0 Å². The zero-order chi connectivity index (χ0) is 15.4. The highest BCUT2D eigenvalue weighted by Gasteiger charge is 2.17. The summed E-state index contributed by atoms with van der Waals surface area (Å²) in [5.74, 6) is 0.233. The summed E-state index contributed by atoms with van der Waals surface area (Å²) < 4.78 is 50.8. The minimum Gasteiger partial charge on any atom is -0.492 e.